The first-order valence-corrected chi connectivity index (χ1v) is 7.04. The van der Waals surface area contributed by atoms with Gasteiger partial charge in [-0.1, -0.05) is 29.8 Å². The summed E-state index contributed by atoms with van der Waals surface area (Å²) < 4.78 is 0. The Morgan fingerprint density at radius 3 is 2.94 bits per heavy atom. The van der Waals surface area contributed by atoms with Crippen molar-refractivity contribution in [2.24, 2.45) is 0 Å². The standard InChI is InChI=1S/C13H15ClN2OS/c1-9(6-7-17)15-13-16-12(8-18-13)10-4-2-3-5-11(10)14/h2-5,8-9,17H,6-7H2,1H3,(H,15,16)/t9-/m1/s1. The van der Waals surface area contributed by atoms with E-state index < -0.39 is 0 Å². The summed E-state index contributed by atoms with van der Waals surface area (Å²) in [7, 11) is 0. The quantitative estimate of drug-likeness (QED) is 0.880. The number of thiazole rings is 1. The summed E-state index contributed by atoms with van der Waals surface area (Å²) >= 11 is 7.68. The zero-order valence-corrected chi connectivity index (χ0v) is 11.6. The molecule has 1 atom stereocenters. The highest BCUT2D eigenvalue weighted by molar-refractivity contribution is 7.14. The van der Waals surface area contributed by atoms with Crippen LogP contribution >= 0.6 is 22.9 Å². The van der Waals surface area contributed by atoms with Crippen LogP contribution in [-0.2, 0) is 0 Å². The van der Waals surface area contributed by atoms with Crippen LogP contribution in [-0.4, -0.2) is 22.7 Å². The van der Waals surface area contributed by atoms with Gasteiger partial charge in [0.15, 0.2) is 5.13 Å². The maximum Gasteiger partial charge on any atom is 0.183 e. The molecule has 0 aliphatic heterocycles. The number of aliphatic hydroxyl groups excluding tert-OH is 1. The SMILES string of the molecule is C[C@H](CCO)Nc1nc(-c2ccccc2Cl)cs1. The smallest absolute Gasteiger partial charge is 0.183 e. The number of aliphatic hydroxyl groups is 1. The van der Waals surface area contributed by atoms with E-state index in [1.54, 1.807) is 11.3 Å². The molecule has 1 aromatic carbocycles. The Bertz CT molecular complexity index is 515. The molecule has 0 radical (unpaired) electrons. The van der Waals surface area contributed by atoms with Crippen LogP contribution in [0.3, 0.4) is 0 Å². The van der Waals surface area contributed by atoms with E-state index in [0.29, 0.717) is 11.4 Å². The monoisotopic (exact) mass is 282 g/mol. The van der Waals surface area contributed by atoms with Gasteiger partial charge < -0.3 is 10.4 Å². The summed E-state index contributed by atoms with van der Waals surface area (Å²) in [5.41, 5.74) is 1.82. The van der Waals surface area contributed by atoms with Crippen LogP contribution in [0, 0.1) is 0 Å². The Balaban J connectivity index is 2.13. The molecule has 0 saturated carbocycles. The number of anilines is 1. The lowest BCUT2D eigenvalue weighted by atomic mass is 10.2. The van der Waals surface area contributed by atoms with Crippen molar-refractivity contribution in [1.29, 1.82) is 0 Å². The maximum atomic E-state index is 8.86. The topological polar surface area (TPSA) is 45.1 Å². The lowest BCUT2D eigenvalue weighted by Gasteiger charge is -2.10. The molecular formula is C13H15ClN2OS. The highest BCUT2D eigenvalue weighted by Gasteiger charge is 2.09. The third-order valence-electron chi connectivity index (χ3n) is 2.59. The van der Waals surface area contributed by atoms with Crippen LogP contribution in [0.4, 0.5) is 5.13 Å². The van der Waals surface area contributed by atoms with E-state index in [9.17, 15) is 0 Å². The number of halogens is 1. The molecule has 1 heterocycles. The van der Waals surface area contributed by atoms with Gasteiger partial charge in [0.1, 0.15) is 0 Å². The number of aromatic nitrogens is 1. The minimum absolute atomic E-state index is 0.177. The van der Waals surface area contributed by atoms with Gasteiger partial charge in [0.25, 0.3) is 0 Å². The van der Waals surface area contributed by atoms with Gasteiger partial charge in [0.05, 0.1) is 5.69 Å². The zero-order chi connectivity index (χ0) is 13.0. The van der Waals surface area contributed by atoms with Gasteiger partial charge >= 0.3 is 0 Å². The van der Waals surface area contributed by atoms with Crippen LogP contribution < -0.4 is 5.32 Å². The highest BCUT2D eigenvalue weighted by atomic mass is 35.5. The van der Waals surface area contributed by atoms with E-state index in [4.69, 9.17) is 16.7 Å². The molecule has 96 valence electrons. The molecule has 0 saturated heterocycles. The number of nitrogens with one attached hydrogen (secondary N) is 1. The van der Waals surface area contributed by atoms with Gasteiger partial charge in [-0.2, -0.15) is 0 Å². The van der Waals surface area contributed by atoms with Crippen LogP contribution in [0.25, 0.3) is 11.3 Å². The third kappa shape index (κ3) is 3.22. The Morgan fingerprint density at radius 2 is 2.22 bits per heavy atom. The van der Waals surface area contributed by atoms with E-state index in [1.165, 1.54) is 0 Å². The van der Waals surface area contributed by atoms with E-state index in [1.807, 2.05) is 36.6 Å². The van der Waals surface area contributed by atoms with Gasteiger partial charge in [0, 0.05) is 28.6 Å². The molecule has 0 spiro atoms. The molecule has 0 unspecified atom stereocenters. The summed E-state index contributed by atoms with van der Waals surface area (Å²) in [6.07, 6.45) is 0.709. The van der Waals surface area contributed by atoms with Crippen molar-refractivity contribution in [1.82, 2.24) is 4.98 Å². The van der Waals surface area contributed by atoms with E-state index >= 15 is 0 Å². The number of rotatable bonds is 5. The lowest BCUT2D eigenvalue weighted by Crippen LogP contribution is -2.16. The predicted octanol–water partition coefficient (Wildman–Crippen LogP) is 3.65. The molecule has 1 aromatic heterocycles. The van der Waals surface area contributed by atoms with E-state index in [0.717, 1.165) is 16.4 Å². The molecular weight excluding hydrogens is 268 g/mol. The fraction of sp³-hybridized carbons (Fsp3) is 0.308. The van der Waals surface area contributed by atoms with Crippen molar-refractivity contribution in [2.45, 2.75) is 19.4 Å². The van der Waals surface area contributed by atoms with Gasteiger partial charge in [-0.15, -0.1) is 11.3 Å². The van der Waals surface area contributed by atoms with Gasteiger partial charge in [0.2, 0.25) is 0 Å². The van der Waals surface area contributed by atoms with Crippen molar-refractivity contribution in [3.63, 3.8) is 0 Å². The molecule has 3 nitrogen and oxygen atoms in total. The van der Waals surface area contributed by atoms with E-state index in [-0.39, 0.29) is 12.6 Å². The molecule has 0 aliphatic rings. The molecule has 18 heavy (non-hydrogen) atoms. The summed E-state index contributed by atoms with van der Waals surface area (Å²) in [5.74, 6) is 0. The van der Waals surface area contributed by atoms with Crippen LogP contribution in [0.5, 0.6) is 0 Å². The summed E-state index contributed by atoms with van der Waals surface area (Å²) in [6.45, 7) is 2.20. The van der Waals surface area contributed by atoms with Crippen LogP contribution in [0.1, 0.15) is 13.3 Å². The fourth-order valence-electron chi connectivity index (χ4n) is 1.61. The Kier molecular flexibility index (Phi) is 4.58. The predicted molar refractivity (Wildman–Crippen MR) is 77.3 cm³/mol. The fourth-order valence-corrected chi connectivity index (χ4v) is 2.67. The third-order valence-corrected chi connectivity index (χ3v) is 3.69. The van der Waals surface area contributed by atoms with Crippen LogP contribution in [0.2, 0.25) is 5.02 Å². The van der Waals surface area contributed by atoms with Crippen LogP contribution in [0.15, 0.2) is 29.6 Å². The molecule has 2 rings (SSSR count). The second-order valence-corrected chi connectivity index (χ2v) is 5.34. The summed E-state index contributed by atoms with van der Waals surface area (Å²) in [5, 5.41) is 15.7. The molecule has 0 fully saturated rings. The largest absolute Gasteiger partial charge is 0.396 e. The Hall–Kier alpha value is -1.10. The number of hydrogen-bond acceptors (Lipinski definition) is 4. The maximum absolute atomic E-state index is 8.86. The Morgan fingerprint density at radius 1 is 1.44 bits per heavy atom. The van der Waals surface area contributed by atoms with Crippen molar-refractivity contribution in [3.8, 4) is 11.3 Å². The number of hydrogen-bond donors (Lipinski definition) is 2. The molecule has 2 aromatic rings. The molecule has 2 N–H and O–H groups in total. The number of benzene rings is 1. The minimum Gasteiger partial charge on any atom is -0.396 e. The zero-order valence-electron chi connectivity index (χ0n) is 10.1. The van der Waals surface area contributed by atoms with Crippen molar-refractivity contribution in [2.75, 3.05) is 11.9 Å². The molecule has 0 amide bonds. The first-order chi connectivity index (χ1) is 8.70. The van der Waals surface area contributed by atoms with Crippen molar-refractivity contribution in [3.05, 3.63) is 34.7 Å². The normalized spacial score (nSPS) is 12.4. The summed E-state index contributed by atoms with van der Waals surface area (Å²) in [4.78, 5) is 4.50. The Labute approximate surface area is 115 Å². The first kappa shape index (κ1) is 13.3. The minimum atomic E-state index is 0.177. The van der Waals surface area contributed by atoms with E-state index in [2.05, 4.69) is 10.3 Å². The lowest BCUT2D eigenvalue weighted by molar-refractivity contribution is 0.282. The van der Waals surface area contributed by atoms with Gasteiger partial charge in [-0.05, 0) is 19.4 Å². The molecule has 0 bridgehead atoms. The van der Waals surface area contributed by atoms with Gasteiger partial charge in [-0.25, -0.2) is 4.98 Å². The summed E-state index contributed by atoms with van der Waals surface area (Å²) in [6, 6.07) is 7.87. The van der Waals surface area contributed by atoms with Gasteiger partial charge in [-0.3, -0.25) is 0 Å². The second-order valence-electron chi connectivity index (χ2n) is 4.08. The molecule has 5 heteroatoms. The molecule has 0 aliphatic carbocycles. The number of nitrogens with zero attached hydrogens (tertiary/aromatic N) is 1. The average molecular weight is 283 g/mol. The van der Waals surface area contributed by atoms with Crippen molar-refractivity contribution >= 4 is 28.1 Å². The second kappa shape index (κ2) is 6.18. The highest BCUT2D eigenvalue weighted by Crippen LogP contribution is 2.30. The average Bonchev–Trinajstić information content (AvgIpc) is 2.78. The first-order valence-electron chi connectivity index (χ1n) is 5.78. The van der Waals surface area contributed by atoms with Crippen molar-refractivity contribution < 1.29 is 5.11 Å².